The molecule has 4 amide bonds. The van der Waals surface area contributed by atoms with Gasteiger partial charge in [-0.15, -0.1) is 11.8 Å². The summed E-state index contributed by atoms with van der Waals surface area (Å²) in [6.07, 6.45) is 1.61. The monoisotopic (exact) mass is 626 g/mol. The van der Waals surface area contributed by atoms with Gasteiger partial charge in [-0.25, -0.2) is 0 Å². The van der Waals surface area contributed by atoms with Gasteiger partial charge in [-0.3, -0.25) is 19.2 Å². The quantitative estimate of drug-likeness (QED) is 0.0962. The highest BCUT2D eigenvalue weighted by Crippen LogP contribution is 2.37. The van der Waals surface area contributed by atoms with Crippen molar-refractivity contribution >= 4 is 52.8 Å². The van der Waals surface area contributed by atoms with Crippen LogP contribution in [-0.4, -0.2) is 23.6 Å². The third-order valence-electron chi connectivity index (χ3n) is 6.78. The summed E-state index contributed by atoms with van der Waals surface area (Å²) >= 11 is 1.28. The molecule has 0 bridgehead atoms. The second kappa shape index (κ2) is 15.2. The Morgan fingerprint density at radius 3 is 2.00 bits per heavy atom. The van der Waals surface area contributed by atoms with E-state index in [1.54, 1.807) is 78.9 Å². The van der Waals surface area contributed by atoms with E-state index in [9.17, 15) is 19.2 Å². The molecule has 0 aliphatic carbocycles. The summed E-state index contributed by atoms with van der Waals surface area (Å²) in [5, 5.41) is 7.76. The first-order chi connectivity index (χ1) is 22.4. The fraction of sp³-hybridized carbons (Fsp3) is 0.0270. The molecule has 1 atom stereocenters. The first-order valence-electron chi connectivity index (χ1n) is 14.3. The predicted octanol–water partition coefficient (Wildman–Crippen LogP) is 6.67. The average molecular weight is 627 g/mol. The highest BCUT2D eigenvalue weighted by molar-refractivity contribution is 8.00. The smallest absolute Gasteiger partial charge is 0.272 e. The van der Waals surface area contributed by atoms with E-state index in [-0.39, 0.29) is 17.2 Å². The molecule has 5 aromatic carbocycles. The van der Waals surface area contributed by atoms with Crippen molar-refractivity contribution < 1.29 is 19.2 Å². The van der Waals surface area contributed by atoms with Crippen molar-refractivity contribution in [3.63, 3.8) is 0 Å². The maximum absolute atomic E-state index is 13.6. The van der Waals surface area contributed by atoms with Crippen LogP contribution in [0.15, 0.2) is 150 Å². The van der Waals surface area contributed by atoms with E-state index in [0.29, 0.717) is 21.8 Å². The van der Waals surface area contributed by atoms with Crippen LogP contribution in [0.25, 0.3) is 6.08 Å². The van der Waals surface area contributed by atoms with Crippen LogP contribution >= 0.6 is 11.8 Å². The van der Waals surface area contributed by atoms with Crippen molar-refractivity contribution in [3.05, 3.63) is 167 Å². The van der Waals surface area contributed by atoms with E-state index in [1.165, 1.54) is 11.8 Å². The van der Waals surface area contributed by atoms with Crippen molar-refractivity contribution in [2.75, 3.05) is 10.6 Å². The minimum Gasteiger partial charge on any atom is -0.366 e. The Hall–Kier alpha value is -5.93. The van der Waals surface area contributed by atoms with Crippen LogP contribution < -0.4 is 21.7 Å². The molecule has 0 saturated heterocycles. The molecule has 5 aromatic rings. The molecule has 1 unspecified atom stereocenters. The molecule has 0 spiro atoms. The zero-order valence-electron chi connectivity index (χ0n) is 24.6. The lowest BCUT2D eigenvalue weighted by Crippen LogP contribution is -2.30. The van der Waals surface area contributed by atoms with Gasteiger partial charge < -0.3 is 21.7 Å². The van der Waals surface area contributed by atoms with Crippen molar-refractivity contribution in [2.45, 2.75) is 10.1 Å². The summed E-state index contributed by atoms with van der Waals surface area (Å²) in [5.74, 6) is -1.94. The lowest BCUT2D eigenvalue weighted by Gasteiger charge is -2.18. The molecule has 0 aromatic heterocycles. The van der Waals surface area contributed by atoms with Crippen LogP contribution in [0.4, 0.5) is 11.4 Å². The number of primary amides is 1. The van der Waals surface area contributed by atoms with Gasteiger partial charge in [0.15, 0.2) is 0 Å². The molecule has 5 rings (SSSR count). The van der Waals surface area contributed by atoms with E-state index in [0.717, 1.165) is 11.1 Å². The van der Waals surface area contributed by atoms with Gasteiger partial charge in [0.05, 0.1) is 11.3 Å². The molecule has 0 fully saturated rings. The Balaban J connectivity index is 1.38. The molecule has 8 nitrogen and oxygen atoms in total. The van der Waals surface area contributed by atoms with Crippen molar-refractivity contribution in [2.24, 2.45) is 5.73 Å². The molecule has 0 saturated carbocycles. The summed E-state index contributed by atoms with van der Waals surface area (Å²) in [6.45, 7) is 0. The third kappa shape index (κ3) is 8.37. The van der Waals surface area contributed by atoms with Gasteiger partial charge in [0.25, 0.3) is 17.7 Å². The van der Waals surface area contributed by atoms with Gasteiger partial charge in [0.2, 0.25) is 5.91 Å². The Morgan fingerprint density at radius 1 is 0.674 bits per heavy atom. The topological polar surface area (TPSA) is 130 Å². The molecule has 0 aliphatic heterocycles. The number of anilines is 2. The van der Waals surface area contributed by atoms with Crippen LogP contribution in [-0.2, 0) is 9.59 Å². The second-order valence-electron chi connectivity index (χ2n) is 10.1. The van der Waals surface area contributed by atoms with Gasteiger partial charge in [0.1, 0.15) is 10.9 Å². The molecule has 228 valence electrons. The summed E-state index contributed by atoms with van der Waals surface area (Å²) in [4.78, 5) is 52.8. The van der Waals surface area contributed by atoms with Crippen molar-refractivity contribution in [1.82, 2.24) is 5.32 Å². The van der Waals surface area contributed by atoms with Gasteiger partial charge in [-0.1, -0.05) is 97.1 Å². The van der Waals surface area contributed by atoms with Gasteiger partial charge in [-0.2, -0.15) is 0 Å². The molecule has 0 aliphatic rings. The van der Waals surface area contributed by atoms with Crippen molar-refractivity contribution in [1.29, 1.82) is 0 Å². The first kappa shape index (κ1) is 31.5. The summed E-state index contributed by atoms with van der Waals surface area (Å²) in [5.41, 5.74) is 8.47. The minimum atomic E-state index is -0.702. The number of rotatable bonds is 11. The molecule has 46 heavy (non-hydrogen) atoms. The van der Waals surface area contributed by atoms with Crippen LogP contribution in [0.5, 0.6) is 0 Å². The highest BCUT2D eigenvalue weighted by atomic mass is 32.2. The predicted molar refractivity (Wildman–Crippen MR) is 182 cm³/mol. The number of carbonyl (C=O) groups excluding carboxylic acids is 4. The number of carbonyl (C=O) groups is 4. The zero-order valence-corrected chi connectivity index (χ0v) is 25.4. The largest absolute Gasteiger partial charge is 0.366 e. The molecule has 9 heteroatoms. The maximum atomic E-state index is 13.6. The summed E-state index contributed by atoms with van der Waals surface area (Å²) in [7, 11) is 0. The fourth-order valence-electron chi connectivity index (χ4n) is 4.55. The fourth-order valence-corrected chi connectivity index (χ4v) is 5.63. The van der Waals surface area contributed by atoms with E-state index < -0.39 is 23.0 Å². The number of hydrogen-bond donors (Lipinski definition) is 4. The normalized spacial score (nSPS) is 11.6. The number of benzene rings is 5. The zero-order chi connectivity index (χ0) is 32.3. The van der Waals surface area contributed by atoms with E-state index >= 15 is 0 Å². The third-order valence-corrected chi connectivity index (χ3v) is 8.02. The van der Waals surface area contributed by atoms with Gasteiger partial charge in [-0.05, 0) is 59.7 Å². The molecule has 5 N–H and O–H groups in total. The van der Waals surface area contributed by atoms with Crippen LogP contribution in [0.1, 0.15) is 37.1 Å². The lowest BCUT2D eigenvalue weighted by atomic mass is 10.1. The Bertz CT molecular complexity index is 1880. The van der Waals surface area contributed by atoms with Crippen molar-refractivity contribution in [3.8, 4) is 0 Å². The van der Waals surface area contributed by atoms with Gasteiger partial charge in [0, 0.05) is 16.1 Å². The van der Waals surface area contributed by atoms with Gasteiger partial charge >= 0.3 is 0 Å². The first-order valence-corrected chi connectivity index (χ1v) is 15.2. The molecular formula is C37H30N4O4S. The van der Waals surface area contributed by atoms with Crippen LogP contribution in [0, 0.1) is 0 Å². The number of amides is 4. The Kier molecular flexibility index (Phi) is 10.4. The van der Waals surface area contributed by atoms with Crippen LogP contribution in [0.3, 0.4) is 0 Å². The average Bonchev–Trinajstić information content (AvgIpc) is 3.08. The number of thioether (sulfide) groups is 1. The number of nitrogens with one attached hydrogen (secondary N) is 3. The maximum Gasteiger partial charge on any atom is 0.272 e. The van der Waals surface area contributed by atoms with E-state index in [2.05, 4.69) is 16.0 Å². The molecular weight excluding hydrogens is 596 g/mol. The lowest BCUT2D eigenvalue weighted by molar-refractivity contribution is -0.116. The Labute approximate surface area is 270 Å². The summed E-state index contributed by atoms with van der Waals surface area (Å²) in [6, 6.07) is 40.7. The Morgan fingerprint density at radius 2 is 1.30 bits per heavy atom. The standard InChI is InChI=1S/C37H30N4O4S/c38-34(42)30-21-10-11-22-31(30)40-37(45)33(26-15-6-2-7-16-26)46-29-20-12-19-28(24-29)39-36(44)32(23-25-13-4-1-5-14-25)41-35(43)27-17-8-3-9-18-27/h1-24,33H,(H2,38,42)(H,39,44)(H,40,45)(H,41,43)/b32-23+. The number of para-hydroxylation sites is 1. The summed E-state index contributed by atoms with van der Waals surface area (Å²) < 4.78 is 0. The minimum absolute atomic E-state index is 0.0627. The molecule has 0 radical (unpaired) electrons. The van der Waals surface area contributed by atoms with E-state index in [4.69, 9.17) is 5.73 Å². The second-order valence-corrected chi connectivity index (χ2v) is 11.3. The highest BCUT2D eigenvalue weighted by Gasteiger charge is 2.24. The SMILES string of the molecule is NC(=O)c1ccccc1NC(=O)C(Sc1cccc(NC(=O)/C(=C\c2ccccc2)NC(=O)c2ccccc2)c1)c1ccccc1. The molecule has 0 heterocycles. The number of nitrogens with two attached hydrogens (primary N) is 1. The van der Waals surface area contributed by atoms with E-state index in [1.807, 2.05) is 66.7 Å². The van der Waals surface area contributed by atoms with Crippen LogP contribution in [0.2, 0.25) is 0 Å². The number of hydrogen-bond acceptors (Lipinski definition) is 5.